The molecular formula is C18H27NO4S. The maximum atomic E-state index is 13.0. The van der Waals surface area contributed by atoms with E-state index in [1.165, 1.54) is 11.3 Å². The Morgan fingerprint density at radius 1 is 1.46 bits per heavy atom. The van der Waals surface area contributed by atoms with Gasteiger partial charge in [-0.25, -0.2) is 0 Å². The summed E-state index contributed by atoms with van der Waals surface area (Å²) in [5.41, 5.74) is -0.0643. The summed E-state index contributed by atoms with van der Waals surface area (Å²) in [4.78, 5) is 15.7. The number of hydrogen-bond acceptors (Lipinski definition) is 5. The van der Waals surface area contributed by atoms with Gasteiger partial charge in [0.05, 0.1) is 19.3 Å². The Balaban J connectivity index is 1.77. The normalized spacial score (nSPS) is 26.9. The summed E-state index contributed by atoms with van der Waals surface area (Å²) < 4.78 is 17.4. The molecule has 3 rings (SSSR count). The van der Waals surface area contributed by atoms with E-state index in [1.54, 1.807) is 0 Å². The van der Waals surface area contributed by atoms with Crippen molar-refractivity contribution in [2.24, 2.45) is 5.41 Å². The minimum Gasteiger partial charge on any atom is -0.492 e. The number of ether oxygens (including phenoxy) is 3. The molecule has 0 radical (unpaired) electrons. The van der Waals surface area contributed by atoms with Crippen LogP contribution in [0.3, 0.4) is 0 Å². The number of thiophene rings is 1. The SMILES string of the molecule is CCOCC12CCCOC1CCN(C(=O)c1sccc1OCC)C2. The molecule has 134 valence electrons. The van der Waals surface area contributed by atoms with E-state index in [0.717, 1.165) is 32.4 Å². The Labute approximate surface area is 147 Å². The van der Waals surface area contributed by atoms with Crippen molar-refractivity contribution in [1.29, 1.82) is 0 Å². The first kappa shape index (κ1) is 17.7. The molecule has 24 heavy (non-hydrogen) atoms. The number of carbonyl (C=O) groups excluding carboxylic acids is 1. The van der Waals surface area contributed by atoms with Crippen molar-refractivity contribution < 1.29 is 19.0 Å². The monoisotopic (exact) mass is 353 g/mol. The number of amides is 1. The first-order valence-corrected chi connectivity index (χ1v) is 9.77. The van der Waals surface area contributed by atoms with Gasteiger partial charge < -0.3 is 19.1 Å². The van der Waals surface area contributed by atoms with E-state index in [2.05, 4.69) is 0 Å². The zero-order valence-electron chi connectivity index (χ0n) is 14.6. The molecule has 5 nitrogen and oxygen atoms in total. The van der Waals surface area contributed by atoms with E-state index in [-0.39, 0.29) is 17.4 Å². The second kappa shape index (κ2) is 7.85. The first-order chi connectivity index (χ1) is 11.7. The number of piperidine rings is 1. The first-order valence-electron chi connectivity index (χ1n) is 8.89. The van der Waals surface area contributed by atoms with Gasteiger partial charge in [-0.2, -0.15) is 0 Å². The van der Waals surface area contributed by atoms with Crippen molar-refractivity contribution in [2.75, 3.05) is 39.5 Å². The molecule has 2 unspecified atom stereocenters. The average molecular weight is 353 g/mol. The van der Waals surface area contributed by atoms with E-state index in [9.17, 15) is 4.79 Å². The van der Waals surface area contributed by atoms with Crippen LogP contribution >= 0.6 is 11.3 Å². The third-order valence-corrected chi connectivity index (χ3v) is 5.88. The number of carbonyl (C=O) groups is 1. The van der Waals surface area contributed by atoms with Crippen molar-refractivity contribution in [3.05, 3.63) is 16.3 Å². The number of rotatable bonds is 6. The van der Waals surface area contributed by atoms with Crippen LogP contribution in [-0.2, 0) is 9.47 Å². The molecule has 0 aliphatic carbocycles. The number of hydrogen-bond donors (Lipinski definition) is 0. The molecule has 3 heterocycles. The molecular weight excluding hydrogens is 326 g/mol. The highest BCUT2D eigenvalue weighted by atomic mass is 32.1. The lowest BCUT2D eigenvalue weighted by Crippen LogP contribution is -2.58. The van der Waals surface area contributed by atoms with E-state index in [4.69, 9.17) is 14.2 Å². The summed E-state index contributed by atoms with van der Waals surface area (Å²) in [5.74, 6) is 0.779. The standard InChI is InChI=1S/C18H27NO4S/c1-3-21-13-18-8-5-10-23-15(18)6-9-19(12-18)17(20)16-14(22-4-2)7-11-24-16/h7,11,15H,3-6,8-10,12-13H2,1-2H3. The Bertz CT molecular complexity index is 561. The predicted octanol–water partition coefficient (Wildman–Crippen LogP) is 3.19. The Morgan fingerprint density at radius 2 is 2.33 bits per heavy atom. The van der Waals surface area contributed by atoms with Crippen LogP contribution in [0.15, 0.2) is 11.4 Å². The van der Waals surface area contributed by atoms with Crippen molar-refractivity contribution in [2.45, 2.75) is 39.2 Å². The van der Waals surface area contributed by atoms with Crippen LogP contribution in [0.1, 0.15) is 42.8 Å². The Hall–Kier alpha value is -1.11. The minimum atomic E-state index is -0.0643. The summed E-state index contributed by atoms with van der Waals surface area (Å²) in [6.45, 7) is 8.16. The molecule has 1 amide bonds. The lowest BCUT2D eigenvalue weighted by atomic mass is 9.73. The van der Waals surface area contributed by atoms with Gasteiger partial charge in [-0.3, -0.25) is 4.79 Å². The maximum Gasteiger partial charge on any atom is 0.267 e. The van der Waals surface area contributed by atoms with E-state index in [1.807, 2.05) is 30.2 Å². The summed E-state index contributed by atoms with van der Waals surface area (Å²) in [6, 6.07) is 1.88. The molecule has 2 aliphatic rings. The molecule has 2 fully saturated rings. The summed E-state index contributed by atoms with van der Waals surface area (Å²) in [6.07, 6.45) is 3.18. The van der Waals surface area contributed by atoms with Gasteiger partial charge in [0.1, 0.15) is 10.6 Å². The van der Waals surface area contributed by atoms with Gasteiger partial charge in [-0.1, -0.05) is 0 Å². The fourth-order valence-corrected chi connectivity index (χ4v) is 4.65. The van der Waals surface area contributed by atoms with Crippen molar-refractivity contribution >= 4 is 17.2 Å². The fraction of sp³-hybridized carbons (Fsp3) is 0.722. The molecule has 2 atom stereocenters. The molecule has 2 saturated heterocycles. The summed E-state index contributed by atoms with van der Waals surface area (Å²) >= 11 is 1.46. The van der Waals surface area contributed by atoms with E-state index in [0.29, 0.717) is 37.0 Å². The number of likely N-dealkylation sites (tertiary alicyclic amines) is 1. The van der Waals surface area contributed by atoms with Crippen molar-refractivity contribution in [1.82, 2.24) is 4.90 Å². The largest absolute Gasteiger partial charge is 0.492 e. The van der Waals surface area contributed by atoms with Crippen LogP contribution in [0.4, 0.5) is 0 Å². The molecule has 6 heteroatoms. The predicted molar refractivity (Wildman–Crippen MR) is 93.9 cm³/mol. The lowest BCUT2D eigenvalue weighted by molar-refractivity contribution is -0.145. The molecule has 0 saturated carbocycles. The highest BCUT2D eigenvalue weighted by Gasteiger charge is 2.47. The average Bonchev–Trinajstić information content (AvgIpc) is 3.07. The van der Waals surface area contributed by atoms with Gasteiger partial charge in [0.2, 0.25) is 0 Å². The third-order valence-electron chi connectivity index (χ3n) is 4.99. The zero-order valence-corrected chi connectivity index (χ0v) is 15.4. The van der Waals surface area contributed by atoms with Gasteiger partial charge in [0.25, 0.3) is 5.91 Å². The van der Waals surface area contributed by atoms with Crippen LogP contribution in [0.25, 0.3) is 0 Å². The smallest absolute Gasteiger partial charge is 0.267 e. The van der Waals surface area contributed by atoms with Gasteiger partial charge in [-0.15, -0.1) is 11.3 Å². The molecule has 0 spiro atoms. The molecule has 0 bridgehead atoms. The maximum absolute atomic E-state index is 13.0. The van der Waals surface area contributed by atoms with Gasteiger partial charge in [0.15, 0.2) is 0 Å². The molecule has 0 aromatic carbocycles. The minimum absolute atomic E-state index is 0.0643. The second-order valence-electron chi connectivity index (χ2n) is 6.52. The quantitative estimate of drug-likeness (QED) is 0.788. The Kier molecular flexibility index (Phi) is 5.79. The second-order valence-corrected chi connectivity index (χ2v) is 7.44. The summed E-state index contributed by atoms with van der Waals surface area (Å²) in [5, 5.41) is 1.92. The summed E-state index contributed by atoms with van der Waals surface area (Å²) in [7, 11) is 0. The molecule has 1 aromatic rings. The topological polar surface area (TPSA) is 48.0 Å². The highest BCUT2D eigenvalue weighted by Crippen LogP contribution is 2.41. The van der Waals surface area contributed by atoms with E-state index < -0.39 is 0 Å². The van der Waals surface area contributed by atoms with Crippen LogP contribution in [-0.4, -0.2) is 56.4 Å². The van der Waals surface area contributed by atoms with Crippen LogP contribution in [0.5, 0.6) is 5.75 Å². The highest BCUT2D eigenvalue weighted by molar-refractivity contribution is 7.12. The van der Waals surface area contributed by atoms with Crippen LogP contribution < -0.4 is 4.74 Å². The Morgan fingerprint density at radius 3 is 3.12 bits per heavy atom. The zero-order chi connectivity index (χ0) is 17.0. The third kappa shape index (κ3) is 3.46. The number of nitrogens with zero attached hydrogens (tertiary/aromatic N) is 1. The lowest BCUT2D eigenvalue weighted by Gasteiger charge is -2.50. The van der Waals surface area contributed by atoms with Gasteiger partial charge in [-0.05, 0) is 44.6 Å². The molecule has 1 aromatic heterocycles. The van der Waals surface area contributed by atoms with Gasteiger partial charge in [0, 0.05) is 31.7 Å². The molecule has 0 N–H and O–H groups in total. The van der Waals surface area contributed by atoms with E-state index >= 15 is 0 Å². The number of fused-ring (bicyclic) bond motifs is 1. The van der Waals surface area contributed by atoms with Crippen LogP contribution in [0, 0.1) is 5.41 Å². The van der Waals surface area contributed by atoms with Gasteiger partial charge >= 0.3 is 0 Å². The van der Waals surface area contributed by atoms with Crippen molar-refractivity contribution in [3.8, 4) is 5.75 Å². The molecule has 2 aliphatic heterocycles. The fourth-order valence-electron chi connectivity index (χ4n) is 3.85. The van der Waals surface area contributed by atoms with Crippen LogP contribution in [0.2, 0.25) is 0 Å². The van der Waals surface area contributed by atoms with Crippen molar-refractivity contribution in [3.63, 3.8) is 0 Å².